The van der Waals surface area contributed by atoms with E-state index in [1.807, 2.05) is 12.1 Å². The van der Waals surface area contributed by atoms with Gasteiger partial charge in [-0.25, -0.2) is 4.79 Å². The summed E-state index contributed by atoms with van der Waals surface area (Å²) in [6.07, 6.45) is -2.38. The molecule has 0 saturated heterocycles. The van der Waals surface area contributed by atoms with Crippen LogP contribution in [0.4, 0.5) is 8.78 Å². The van der Waals surface area contributed by atoms with Crippen molar-refractivity contribution in [3.63, 3.8) is 0 Å². The van der Waals surface area contributed by atoms with Crippen molar-refractivity contribution in [2.24, 2.45) is 0 Å². The van der Waals surface area contributed by atoms with Crippen LogP contribution in [-0.4, -0.2) is 37.8 Å². The van der Waals surface area contributed by atoms with Gasteiger partial charge in [0.1, 0.15) is 6.10 Å². The second-order valence-electron chi connectivity index (χ2n) is 6.01. The van der Waals surface area contributed by atoms with Crippen LogP contribution in [0, 0.1) is 0 Å². The van der Waals surface area contributed by atoms with E-state index in [0.29, 0.717) is 5.56 Å². The van der Waals surface area contributed by atoms with Crippen LogP contribution < -0.4 is 5.19 Å². The second kappa shape index (κ2) is 6.66. The third kappa shape index (κ3) is 4.61. The molecule has 1 aromatic rings. The van der Waals surface area contributed by atoms with Gasteiger partial charge < -0.3 is 9.84 Å². The highest BCUT2D eigenvalue weighted by Gasteiger charge is 2.48. The maximum Gasteiger partial charge on any atom is 0.379 e. The average Bonchev–Trinajstić information content (AvgIpc) is 2.38. The lowest BCUT2D eigenvalue weighted by Gasteiger charge is -2.22. The summed E-state index contributed by atoms with van der Waals surface area (Å²) < 4.78 is 31.7. The van der Waals surface area contributed by atoms with E-state index in [1.54, 1.807) is 12.1 Å². The molecule has 0 saturated carbocycles. The highest BCUT2D eigenvalue weighted by atomic mass is 28.3. The molecule has 1 N–H and O–H groups in total. The zero-order valence-corrected chi connectivity index (χ0v) is 13.8. The molecule has 0 heterocycles. The van der Waals surface area contributed by atoms with Crippen molar-refractivity contribution in [1.82, 2.24) is 0 Å². The number of hydrogen-bond acceptors (Lipinski definition) is 3. The summed E-state index contributed by atoms with van der Waals surface area (Å²) in [4.78, 5) is 11.2. The molecular weight excluding hydrogens is 294 g/mol. The molecule has 0 aliphatic carbocycles. The summed E-state index contributed by atoms with van der Waals surface area (Å²) in [7, 11) is -1.56. The molecule has 21 heavy (non-hydrogen) atoms. The summed E-state index contributed by atoms with van der Waals surface area (Å²) in [5, 5.41) is 10.8. The molecule has 1 atom stereocenters. The van der Waals surface area contributed by atoms with Gasteiger partial charge in [-0.3, -0.25) is 0 Å². The van der Waals surface area contributed by atoms with Crippen LogP contribution in [0.25, 0.3) is 0 Å². The normalized spacial score (nSPS) is 13.9. The first-order valence-electron chi connectivity index (χ1n) is 6.91. The fraction of sp³-hybridized carbons (Fsp3) is 0.533. The van der Waals surface area contributed by atoms with Gasteiger partial charge in [-0.2, -0.15) is 8.78 Å². The number of benzene rings is 1. The van der Waals surface area contributed by atoms with Gasteiger partial charge in [0.25, 0.3) is 0 Å². The number of hydrogen-bond donors (Lipinski definition) is 1. The lowest BCUT2D eigenvalue weighted by molar-refractivity contribution is -0.187. The van der Waals surface area contributed by atoms with Gasteiger partial charge in [0.15, 0.2) is 0 Å². The van der Waals surface area contributed by atoms with Crippen LogP contribution in [0.5, 0.6) is 0 Å². The quantitative estimate of drug-likeness (QED) is 0.647. The SMILES string of the molecule is CCOC(=O)C(F)(F)C(O)Cc1cccc([Si](C)(C)C)c1. The van der Waals surface area contributed by atoms with Crippen molar-refractivity contribution in [2.45, 2.75) is 45.0 Å². The fourth-order valence-corrected chi connectivity index (χ4v) is 3.09. The van der Waals surface area contributed by atoms with Crippen molar-refractivity contribution in [1.29, 1.82) is 0 Å². The fourth-order valence-electron chi connectivity index (χ4n) is 1.88. The molecule has 0 aromatic heterocycles. The van der Waals surface area contributed by atoms with Crippen molar-refractivity contribution >= 4 is 19.2 Å². The van der Waals surface area contributed by atoms with E-state index >= 15 is 0 Å². The monoisotopic (exact) mass is 316 g/mol. The van der Waals surface area contributed by atoms with Gasteiger partial charge in [0.2, 0.25) is 0 Å². The number of ether oxygens (including phenoxy) is 1. The molecule has 1 aromatic carbocycles. The minimum Gasteiger partial charge on any atom is -0.461 e. The van der Waals surface area contributed by atoms with Crippen LogP contribution in [0.15, 0.2) is 24.3 Å². The predicted octanol–water partition coefficient (Wildman–Crippen LogP) is 2.33. The zero-order valence-electron chi connectivity index (χ0n) is 12.8. The van der Waals surface area contributed by atoms with Crippen LogP contribution >= 0.6 is 0 Å². The van der Waals surface area contributed by atoms with Crippen molar-refractivity contribution in [3.05, 3.63) is 29.8 Å². The summed E-state index contributed by atoms with van der Waals surface area (Å²) in [5.74, 6) is -5.58. The van der Waals surface area contributed by atoms with E-state index < -0.39 is 26.1 Å². The molecule has 0 spiro atoms. The first-order valence-corrected chi connectivity index (χ1v) is 10.4. The summed E-state index contributed by atoms with van der Waals surface area (Å²) >= 11 is 0. The van der Waals surface area contributed by atoms with Crippen LogP contribution in [0.2, 0.25) is 19.6 Å². The number of rotatable bonds is 6. The van der Waals surface area contributed by atoms with Gasteiger partial charge in [-0.1, -0.05) is 49.1 Å². The Balaban J connectivity index is 2.88. The van der Waals surface area contributed by atoms with E-state index in [1.165, 1.54) is 6.92 Å². The Morgan fingerprint density at radius 1 is 1.38 bits per heavy atom. The van der Waals surface area contributed by atoms with E-state index in [0.717, 1.165) is 5.19 Å². The Bertz CT molecular complexity index is 498. The molecule has 3 nitrogen and oxygen atoms in total. The lowest BCUT2D eigenvalue weighted by atomic mass is 10.0. The largest absolute Gasteiger partial charge is 0.461 e. The van der Waals surface area contributed by atoms with E-state index in [-0.39, 0.29) is 13.0 Å². The highest BCUT2D eigenvalue weighted by molar-refractivity contribution is 6.88. The average molecular weight is 316 g/mol. The molecule has 0 radical (unpaired) electrons. The summed E-state index contributed by atoms with van der Waals surface area (Å²) in [5.41, 5.74) is 0.589. The Kier molecular flexibility index (Phi) is 5.64. The number of esters is 1. The lowest BCUT2D eigenvalue weighted by Crippen LogP contribution is -2.44. The highest BCUT2D eigenvalue weighted by Crippen LogP contribution is 2.23. The number of alkyl halides is 2. The van der Waals surface area contributed by atoms with Crippen LogP contribution in [-0.2, 0) is 16.0 Å². The maximum absolute atomic E-state index is 13.7. The Labute approximate surface area is 124 Å². The molecule has 118 valence electrons. The van der Waals surface area contributed by atoms with Gasteiger partial charge in [0.05, 0.1) is 14.7 Å². The first kappa shape index (κ1) is 17.8. The predicted molar refractivity (Wildman–Crippen MR) is 80.7 cm³/mol. The zero-order chi connectivity index (χ0) is 16.3. The minimum absolute atomic E-state index is 0.147. The first-order chi connectivity index (χ1) is 9.59. The maximum atomic E-state index is 13.7. The molecule has 0 bridgehead atoms. The molecule has 0 aliphatic heterocycles. The standard InChI is InChI=1S/C15H22F2O3Si/c1-5-20-14(19)15(16,17)13(18)10-11-7-6-8-12(9-11)21(2,3)4/h6-9,13,18H,5,10H2,1-4H3. The Hall–Kier alpha value is -1.27. The molecule has 1 unspecified atom stereocenters. The Morgan fingerprint density at radius 2 is 2.00 bits per heavy atom. The molecular formula is C15H22F2O3Si. The number of carbonyl (C=O) groups is 1. The minimum atomic E-state index is -3.90. The van der Waals surface area contributed by atoms with Crippen molar-refractivity contribution in [2.75, 3.05) is 6.61 Å². The third-order valence-corrected chi connectivity index (χ3v) is 5.23. The van der Waals surface area contributed by atoms with Gasteiger partial charge in [-0.15, -0.1) is 0 Å². The van der Waals surface area contributed by atoms with Crippen molar-refractivity contribution < 1.29 is 23.4 Å². The number of aliphatic hydroxyl groups excluding tert-OH is 1. The Morgan fingerprint density at radius 3 is 2.52 bits per heavy atom. The summed E-state index contributed by atoms with van der Waals surface area (Å²) in [6.45, 7) is 7.74. The summed E-state index contributed by atoms with van der Waals surface area (Å²) in [6, 6.07) is 7.26. The number of aliphatic hydroxyl groups is 1. The van der Waals surface area contributed by atoms with E-state index in [2.05, 4.69) is 24.4 Å². The van der Waals surface area contributed by atoms with Crippen molar-refractivity contribution in [3.8, 4) is 0 Å². The smallest absolute Gasteiger partial charge is 0.379 e. The number of halogens is 2. The molecule has 0 fully saturated rings. The second-order valence-corrected chi connectivity index (χ2v) is 11.1. The molecule has 0 amide bonds. The third-order valence-electron chi connectivity index (χ3n) is 3.19. The molecule has 0 aliphatic rings. The van der Waals surface area contributed by atoms with Gasteiger partial charge in [0, 0.05) is 6.42 Å². The van der Waals surface area contributed by atoms with E-state index in [9.17, 15) is 18.7 Å². The van der Waals surface area contributed by atoms with Crippen LogP contribution in [0.3, 0.4) is 0 Å². The molecule has 6 heteroatoms. The molecule has 1 rings (SSSR count). The van der Waals surface area contributed by atoms with Gasteiger partial charge in [-0.05, 0) is 12.5 Å². The van der Waals surface area contributed by atoms with Crippen LogP contribution in [0.1, 0.15) is 12.5 Å². The van der Waals surface area contributed by atoms with E-state index in [4.69, 9.17) is 0 Å². The topological polar surface area (TPSA) is 46.5 Å². The number of carbonyl (C=O) groups excluding carboxylic acids is 1. The van der Waals surface area contributed by atoms with Gasteiger partial charge >= 0.3 is 11.9 Å².